The molecule has 4 rings (SSSR count). The Balaban J connectivity index is 1.14. The van der Waals surface area contributed by atoms with Crippen molar-refractivity contribution in [3.8, 4) is 0 Å². The molecule has 8 atom stereocenters. The SMILES string of the molecule is CCCCCCCC=CCCCCCCCC(=O)OC1CCC2(C)C(=CCC3C2CCC2(C)C(C(C)CCCC(C)C)CCC32)C1. The van der Waals surface area contributed by atoms with Crippen LogP contribution in [0.25, 0.3) is 0 Å². The van der Waals surface area contributed by atoms with Crippen LogP contribution in [-0.4, -0.2) is 12.1 Å². The Bertz CT molecular complexity index is 961. The molecule has 3 saturated carbocycles. The van der Waals surface area contributed by atoms with Crippen molar-refractivity contribution in [2.45, 2.75) is 202 Å². The largest absolute Gasteiger partial charge is 0.462 e. The minimum Gasteiger partial charge on any atom is -0.462 e. The van der Waals surface area contributed by atoms with Gasteiger partial charge in [0.25, 0.3) is 0 Å². The summed E-state index contributed by atoms with van der Waals surface area (Å²) in [7, 11) is 0. The summed E-state index contributed by atoms with van der Waals surface area (Å²) in [4.78, 5) is 12.8. The quantitative estimate of drug-likeness (QED) is 0.0755. The number of hydrogen-bond acceptors (Lipinski definition) is 2. The van der Waals surface area contributed by atoms with Gasteiger partial charge in [0.2, 0.25) is 0 Å². The first kappa shape index (κ1) is 37.8. The predicted molar refractivity (Wildman–Crippen MR) is 198 cm³/mol. The van der Waals surface area contributed by atoms with Gasteiger partial charge in [0.05, 0.1) is 0 Å². The van der Waals surface area contributed by atoms with E-state index >= 15 is 0 Å². The van der Waals surface area contributed by atoms with Gasteiger partial charge in [-0.3, -0.25) is 4.79 Å². The summed E-state index contributed by atoms with van der Waals surface area (Å²) >= 11 is 0. The molecule has 0 aliphatic heterocycles. The summed E-state index contributed by atoms with van der Waals surface area (Å²) in [5.74, 6) is 5.31. The Morgan fingerprint density at radius 2 is 1.52 bits per heavy atom. The van der Waals surface area contributed by atoms with Crippen LogP contribution in [-0.2, 0) is 9.53 Å². The number of unbranched alkanes of at least 4 members (excludes halogenated alkanes) is 10. The van der Waals surface area contributed by atoms with E-state index in [1.807, 2.05) is 0 Å². The van der Waals surface area contributed by atoms with Crippen molar-refractivity contribution in [2.24, 2.45) is 46.3 Å². The van der Waals surface area contributed by atoms with Crippen LogP contribution in [0.4, 0.5) is 0 Å². The predicted octanol–water partition coefficient (Wildman–Crippen LogP) is 13.6. The molecule has 8 unspecified atom stereocenters. The lowest BCUT2D eigenvalue weighted by molar-refractivity contribution is -0.151. The van der Waals surface area contributed by atoms with Crippen LogP contribution in [0, 0.1) is 46.3 Å². The maximum Gasteiger partial charge on any atom is 0.306 e. The van der Waals surface area contributed by atoms with Crippen LogP contribution in [0.3, 0.4) is 0 Å². The Morgan fingerprint density at radius 3 is 2.24 bits per heavy atom. The van der Waals surface area contributed by atoms with E-state index in [0.29, 0.717) is 17.3 Å². The monoisotopic (exact) mass is 637 g/mol. The van der Waals surface area contributed by atoms with E-state index in [4.69, 9.17) is 4.74 Å². The maximum absolute atomic E-state index is 12.8. The zero-order valence-corrected chi connectivity index (χ0v) is 31.6. The second-order valence-corrected chi connectivity index (χ2v) is 17.6. The van der Waals surface area contributed by atoms with Crippen LogP contribution in [0.2, 0.25) is 0 Å². The summed E-state index contributed by atoms with van der Waals surface area (Å²) in [5, 5.41) is 0. The first-order valence-corrected chi connectivity index (χ1v) is 20.7. The van der Waals surface area contributed by atoms with E-state index in [1.54, 1.807) is 5.57 Å². The lowest BCUT2D eigenvalue weighted by atomic mass is 9.47. The first-order chi connectivity index (χ1) is 22.2. The molecule has 2 heteroatoms. The fourth-order valence-corrected chi connectivity index (χ4v) is 11.2. The fraction of sp³-hybridized carbons (Fsp3) is 0.886. The summed E-state index contributed by atoms with van der Waals surface area (Å²) in [6, 6.07) is 0. The van der Waals surface area contributed by atoms with Gasteiger partial charge >= 0.3 is 5.97 Å². The first-order valence-electron chi connectivity index (χ1n) is 20.7. The standard InChI is InChI=1S/C44H76O2/c1-7-8-9-10-11-12-13-14-15-16-17-18-19-20-24-42(45)46-37-29-31-43(5)36(33-37)25-26-38-40-28-27-39(35(4)23-21-22-34(2)3)44(40,6)32-30-41(38)43/h13-14,25,34-35,37-41H,7-12,15-24,26-33H2,1-6H3. The third kappa shape index (κ3) is 10.00. The molecular weight excluding hydrogens is 560 g/mol. The van der Waals surface area contributed by atoms with Crippen molar-refractivity contribution in [2.75, 3.05) is 0 Å². The molecule has 0 bridgehead atoms. The van der Waals surface area contributed by atoms with Gasteiger partial charge in [-0.25, -0.2) is 0 Å². The molecule has 264 valence electrons. The molecule has 0 N–H and O–H groups in total. The van der Waals surface area contributed by atoms with E-state index < -0.39 is 0 Å². The Hall–Kier alpha value is -1.05. The van der Waals surface area contributed by atoms with Gasteiger partial charge in [0.15, 0.2) is 0 Å². The minimum atomic E-state index is 0.0534. The molecule has 0 radical (unpaired) electrons. The van der Waals surface area contributed by atoms with Gasteiger partial charge in [-0.05, 0) is 123 Å². The molecular formula is C44H76O2. The highest BCUT2D eigenvalue weighted by atomic mass is 16.5. The number of esters is 1. The fourth-order valence-electron chi connectivity index (χ4n) is 11.2. The number of carbonyl (C=O) groups is 1. The number of hydrogen-bond donors (Lipinski definition) is 0. The lowest BCUT2D eigenvalue weighted by Gasteiger charge is -2.58. The second-order valence-electron chi connectivity index (χ2n) is 17.6. The van der Waals surface area contributed by atoms with Crippen molar-refractivity contribution >= 4 is 5.97 Å². The summed E-state index contributed by atoms with van der Waals surface area (Å²) in [5.41, 5.74) is 2.53. The third-order valence-corrected chi connectivity index (χ3v) is 14.0. The maximum atomic E-state index is 12.8. The second kappa shape index (κ2) is 18.6. The highest BCUT2D eigenvalue weighted by Gasteiger charge is 2.59. The molecule has 3 fully saturated rings. The summed E-state index contributed by atoms with van der Waals surface area (Å²) in [6.45, 7) is 14.9. The molecule has 4 aliphatic carbocycles. The van der Waals surface area contributed by atoms with Gasteiger partial charge in [-0.2, -0.15) is 0 Å². The van der Waals surface area contributed by atoms with E-state index in [9.17, 15) is 4.79 Å². The molecule has 46 heavy (non-hydrogen) atoms. The van der Waals surface area contributed by atoms with E-state index in [0.717, 1.165) is 61.2 Å². The molecule has 0 heterocycles. The molecule has 0 aromatic carbocycles. The molecule has 0 aromatic heterocycles. The average Bonchev–Trinajstić information content (AvgIpc) is 3.38. The number of fused-ring (bicyclic) bond motifs is 5. The summed E-state index contributed by atoms with van der Waals surface area (Å²) < 4.78 is 6.12. The molecule has 0 amide bonds. The van der Waals surface area contributed by atoms with E-state index in [2.05, 4.69) is 59.8 Å². The number of rotatable bonds is 20. The van der Waals surface area contributed by atoms with Gasteiger partial charge in [0.1, 0.15) is 6.10 Å². The third-order valence-electron chi connectivity index (χ3n) is 14.0. The van der Waals surface area contributed by atoms with E-state index in [1.165, 1.54) is 122 Å². The zero-order valence-electron chi connectivity index (χ0n) is 31.6. The molecule has 2 nitrogen and oxygen atoms in total. The van der Waals surface area contributed by atoms with Crippen molar-refractivity contribution in [1.82, 2.24) is 0 Å². The molecule has 0 spiro atoms. The minimum absolute atomic E-state index is 0.0534. The van der Waals surface area contributed by atoms with Crippen LogP contribution >= 0.6 is 0 Å². The number of ether oxygens (including phenoxy) is 1. The average molecular weight is 637 g/mol. The van der Waals surface area contributed by atoms with E-state index in [-0.39, 0.29) is 12.1 Å². The Labute approximate surface area is 286 Å². The highest BCUT2D eigenvalue weighted by molar-refractivity contribution is 5.69. The topological polar surface area (TPSA) is 26.3 Å². The van der Waals surface area contributed by atoms with Gasteiger partial charge in [0, 0.05) is 12.8 Å². The zero-order chi connectivity index (χ0) is 33.0. The Morgan fingerprint density at radius 1 is 0.826 bits per heavy atom. The summed E-state index contributed by atoms with van der Waals surface area (Å²) in [6.07, 6.45) is 38.0. The van der Waals surface area contributed by atoms with Crippen LogP contribution in [0.15, 0.2) is 23.8 Å². The van der Waals surface area contributed by atoms with Crippen LogP contribution in [0.5, 0.6) is 0 Å². The number of carbonyl (C=O) groups excluding carboxylic acids is 1. The van der Waals surface area contributed by atoms with Gasteiger partial charge in [-0.1, -0.05) is 130 Å². The number of allylic oxidation sites excluding steroid dienone is 3. The molecule has 0 aromatic rings. The highest BCUT2D eigenvalue weighted by Crippen LogP contribution is 2.67. The van der Waals surface area contributed by atoms with Gasteiger partial charge in [-0.15, -0.1) is 0 Å². The van der Waals surface area contributed by atoms with Crippen molar-refractivity contribution in [3.05, 3.63) is 23.8 Å². The smallest absolute Gasteiger partial charge is 0.306 e. The lowest BCUT2D eigenvalue weighted by Crippen LogP contribution is -2.51. The van der Waals surface area contributed by atoms with Crippen LogP contribution < -0.4 is 0 Å². The Kier molecular flexibility index (Phi) is 15.3. The van der Waals surface area contributed by atoms with Crippen LogP contribution in [0.1, 0.15) is 196 Å². The van der Waals surface area contributed by atoms with Crippen molar-refractivity contribution in [3.63, 3.8) is 0 Å². The molecule has 0 saturated heterocycles. The van der Waals surface area contributed by atoms with Crippen molar-refractivity contribution < 1.29 is 9.53 Å². The van der Waals surface area contributed by atoms with Crippen molar-refractivity contribution in [1.29, 1.82) is 0 Å². The normalized spacial score (nSPS) is 33.0. The van der Waals surface area contributed by atoms with Gasteiger partial charge < -0.3 is 4.74 Å². The molecule has 4 aliphatic rings.